The summed E-state index contributed by atoms with van der Waals surface area (Å²) in [5.41, 5.74) is 2.30. The zero-order valence-corrected chi connectivity index (χ0v) is 15.0. The molecule has 1 aliphatic heterocycles. The third kappa shape index (κ3) is 4.02. The first kappa shape index (κ1) is 17.7. The van der Waals surface area contributed by atoms with Gasteiger partial charge in [-0.05, 0) is 17.7 Å². The van der Waals surface area contributed by atoms with E-state index < -0.39 is 0 Å². The number of rotatable bonds is 5. The first-order chi connectivity index (χ1) is 13.3. The molecule has 1 N–H and O–H groups in total. The maximum absolute atomic E-state index is 14.4. The Balaban J connectivity index is 1.71. The fourth-order valence-corrected chi connectivity index (χ4v) is 3.39. The largest absolute Gasteiger partial charge is 0.482 e. The Kier molecular flexibility index (Phi) is 5.47. The minimum atomic E-state index is -0.285. The van der Waals surface area contributed by atoms with Crippen LogP contribution in [0.15, 0.2) is 78.9 Å². The molecular formula is C23H22FNO2. The molecule has 138 valence electrons. The van der Waals surface area contributed by atoms with Gasteiger partial charge in [-0.3, -0.25) is 0 Å². The molecule has 0 aromatic heterocycles. The Morgan fingerprint density at radius 1 is 0.889 bits per heavy atom. The number of morpholine rings is 1. The van der Waals surface area contributed by atoms with Crippen LogP contribution in [0.4, 0.5) is 4.39 Å². The molecule has 3 aromatic rings. The van der Waals surface area contributed by atoms with Gasteiger partial charge in [0.1, 0.15) is 17.7 Å². The van der Waals surface area contributed by atoms with Gasteiger partial charge in [-0.25, -0.2) is 4.39 Å². The summed E-state index contributed by atoms with van der Waals surface area (Å²) >= 11 is 0. The Labute approximate surface area is 158 Å². The summed E-state index contributed by atoms with van der Waals surface area (Å²) < 4.78 is 26.8. The minimum absolute atomic E-state index is 0.116. The molecule has 1 aliphatic rings. The maximum atomic E-state index is 14.4. The monoisotopic (exact) mass is 363 g/mol. The number of halogens is 1. The van der Waals surface area contributed by atoms with E-state index in [1.54, 1.807) is 12.1 Å². The van der Waals surface area contributed by atoms with E-state index >= 15 is 0 Å². The van der Waals surface area contributed by atoms with Crippen LogP contribution in [0, 0.1) is 5.82 Å². The summed E-state index contributed by atoms with van der Waals surface area (Å²) in [4.78, 5) is 0. The van der Waals surface area contributed by atoms with Crippen molar-refractivity contribution < 1.29 is 13.9 Å². The smallest absolute Gasteiger partial charge is 0.151 e. The van der Waals surface area contributed by atoms with Gasteiger partial charge in [-0.1, -0.05) is 66.7 Å². The van der Waals surface area contributed by atoms with Gasteiger partial charge in [-0.15, -0.1) is 0 Å². The molecule has 0 unspecified atom stereocenters. The van der Waals surface area contributed by atoms with Crippen LogP contribution in [0.1, 0.15) is 11.7 Å². The van der Waals surface area contributed by atoms with Crippen molar-refractivity contribution in [2.24, 2.45) is 0 Å². The van der Waals surface area contributed by atoms with Crippen molar-refractivity contribution in [2.45, 2.75) is 12.2 Å². The Morgan fingerprint density at radius 3 is 2.33 bits per heavy atom. The maximum Gasteiger partial charge on any atom is 0.151 e. The van der Waals surface area contributed by atoms with Crippen LogP contribution >= 0.6 is 0 Å². The van der Waals surface area contributed by atoms with Crippen LogP contribution in [0.25, 0.3) is 11.1 Å². The molecule has 1 saturated heterocycles. The second-order valence-electron chi connectivity index (χ2n) is 6.54. The molecule has 0 saturated carbocycles. The first-order valence-electron chi connectivity index (χ1n) is 9.21. The number of hydrogen-bond acceptors (Lipinski definition) is 3. The molecule has 27 heavy (non-hydrogen) atoms. The lowest BCUT2D eigenvalue weighted by molar-refractivity contribution is -0.0430. The van der Waals surface area contributed by atoms with Gasteiger partial charge in [0.25, 0.3) is 0 Å². The quantitative estimate of drug-likeness (QED) is 0.719. The lowest BCUT2D eigenvalue weighted by atomic mass is 10.0. The number of para-hydroxylation sites is 1. The molecule has 4 heteroatoms. The van der Waals surface area contributed by atoms with Gasteiger partial charge in [0.15, 0.2) is 6.10 Å². The van der Waals surface area contributed by atoms with E-state index in [1.165, 1.54) is 6.07 Å². The van der Waals surface area contributed by atoms with E-state index in [2.05, 4.69) is 5.32 Å². The zero-order valence-electron chi connectivity index (χ0n) is 15.0. The fraction of sp³-hybridized carbons (Fsp3) is 0.217. The van der Waals surface area contributed by atoms with E-state index in [4.69, 9.17) is 9.47 Å². The van der Waals surface area contributed by atoms with Crippen molar-refractivity contribution in [1.82, 2.24) is 5.32 Å². The second kappa shape index (κ2) is 8.33. The highest BCUT2D eigenvalue weighted by Gasteiger charge is 2.28. The Bertz CT molecular complexity index is 878. The third-order valence-electron chi connectivity index (χ3n) is 4.73. The molecule has 4 rings (SSSR count). The molecule has 0 bridgehead atoms. The summed E-state index contributed by atoms with van der Waals surface area (Å²) in [5.74, 6) is 0.381. The van der Waals surface area contributed by atoms with Crippen LogP contribution in [0.5, 0.6) is 5.75 Å². The van der Waals surface area contributed by atoms with Crippen LogP contribution < -0.4 is 10.1 Å². The molecule has 2 atom stereocenters. The zero-order chi connectivity index (χ0) is 18.5. The van der Waals surface area contributed by atoms with Gasteiger partial charge >= 0.3 is 0 Å². The predicted octanol–water partition coefficient (Wildman–Crippen LogP) is 4.60. The van der Waals surface area contributed by atoms with E-state index in [-0.39, 0.29) is 18.0 Å². The highest BCUT2D eigenvalue weighted by atomic mass is 19.1. The summed E-state index contributed by atoms with van der Waals surface area (Å²) in [6.45, 7) is 2.19. The van der Waals surface area contributed by atoms with Gasteiger partial charge in [-0.2, -0.15) is 0 Å². The Morgan fingerprint density at radius 2 is 1.59 bits per heavy atom. The molecule has 3 nitrogen and oxygen atoms in total. The van der Waals surface area contributed by atoms with E-state index in [0.29, 0.717) is 24.5 Å². The van der Waals surface area contributed by atoms with Crippen LogP contribution in [0.2, 0.25) is 0 Å². The molecular weight excluding hydrogens is 341 g/mol. The summed E-state index contributed by atoms with van der Waals surface area (Å²) in [6.07, 6.45) is -0.401. The summed E-state index contributed by atoms with van der Waals surface area (Å²) in [7, 11) is 0. The first-order valence-corrected chi connectivity index (χ1v) is 9.21. The Hall–Kier alpha value is -2.69. The van der Waals surface area contributed by atoms with Gasteiger partial charge in [0, 0.05) is 24.2 Å². The average molecular weight is 363 g/mol. The topological polar surface area (TPSA) is 30.5 Å². The van der Waals surface area contributed by atoms with Crippen molar-refractivity contribution >= 4 is 0 Å². The van der Waals surface area contributed by atoms with Crippen molar-refractivity contribution in [2.75, 3.05) is 19.7 Å². The van der Waals surface area contributed by atoms with Crippen molar-refractivity contribution in [3.63, 3.8) is 0 Å². The van der Waals surface area contributed by atoms with Crippen LogP contribution in [0.3, 0.4) is 0 Å². The molecule has 1 fully saturated rings. The number of ether oxygens (including phenoxy) is 2. The average Bonchev–Trinajstić information content (AvgIpc) is 2.74. The normalized spacial score (nSPS) is 18.0. The van der Waals surface area contributed by atoms with Gasteiger partial charge in [0.2, 0.25) is 0 Å². The minimum Gasteiger partial charge on any atom is -0.482 e. The fourth-order valence-electron chi connectivity index (χ4n) is 3.39. The van der Waals surface area contributed by atoms with Crippen LogP contribution in [-0.2, 0) is 4.74 Å². The van der Waals surface area contributed by atoms with Crippen LogP contribution in [-0.4, -0.2) is 25.8 Å². The number of hydrogen-bond donors (Lipinski definition) is 1. The molecule has 0 aliphatic carbocycles. The number of benzene rings is 3. The highest BCUT2D eigenvalue weighted by Crippen LogP contribution is 2.35. The van der Waals surface area contributed by atoms with E-state index in [9.17, 15) is 4.39 Å². The molecule has 1 heterocycles. The van der Waals surface area contributed by atoms with Crippen molar-refractivity contribution in [3.05, 3.63) is 90.2 Å². The summed E-state index contributed by atoms with van der Waals surface area (Å²) in [6, 6.07) is 24.4. The van der Waals surface area contributed by atoms with E-state index in [1.807, 2.05) is 60.7 Å². The lowest BCUT2D eigenvalue weighted by Gasteiger charge is -2.32. The molecule has 0 radical (unpaired) electrons. The predicted molar refractivity (Wildman–Crippen MR) is 104 cm³/mol. The number of nitrogens with one attached hydrogen (secondary N) is 1. The van der Waals surface area contributed by atoms with E-state index in [0.717, 1.165) is 17.7 Å². The molecule has 0 spiro atoms. The second-order valence-corrected chi connectivity index (χ2v) is 6.54. The summed E-state index contributed by atoms with van der Waals surface area (Å²) in [5, 5.41) is 3.36. The molecule has 3 aromatic carbocycles. The van der Waals surface area contributed by atoms with Crippen molar-refractivity contribution in [1.29, 1.82) is 0 Å². The van der Waals surface area contributed by atoms with Crippen molar-refractivity contribution in [3.8, 4) is 16.9 Å². The van der Waals surface area contributed by atoms with Gasteiger partial charge in [0.05, 0.1) is 6.61 Å². The molecule has 0 amide bonds. The third-order valence-corrected chi connectivity index (χ3v) is 4.73. The van der Waals surface area contributed by atoms with Gasteiger partial charge < -0.3 is 14.8 Å². The standard InChI is InChI=1S/C23H22FNO2/c24-20-12-6-4-10-18(20)19-11-5-7-13-21(19)27-23(17-8-2-1-3-9-17)22-16-25-14-15-26-22/h1-13,22-23,25H,14-16H2/t22-,23-/m0/s1. The highest BCUT2D eigenvalue weighted by molar-refractivity contribution is 5.70. The SMILES string of the molecule is Fc1ccccc1-c1ccccc1O[C@@H](c1ccccc1)[C@@H]1CNCCO1. The lowest BCUT2D eigenvalue weighted by Crippen LogP contribution is -2.43.